The van der Waals surface area contributed by atoms with Gasteiger partial charge in [0.15, 0.2) is 9.84 Å². The fourth-order valence-corrected chi connectivity index (χ4v) is 4.80. The molecule has 0 aromatic carbocycles. The first-order chi connectivity index (χ1) is 8.71. The maximum Gasteiger partial charge on any atom is 0.324 e. The van der Waals surface area contributed by atoms with Gasteiger partial charge in [-0.3, -0.25) is 14.9 Å². The molecule has 1 aromatic rings. The van der Waals surface area contributed by atoms with E-state index in [4.69, 9.17) is 0 Å². The minimum absolute atomic E-state index is 0.0500. The third kappa shape index (κ3) is 3.10. The number of amides is 1. The highest BCUT2D eigenvalue weighted by Crippen LogP contribution is 2.27. The number of sulfone groups is 1. The van der Waals surface area contributed by atoms with E-state index in [-0.39, 0.29) is 21.4 Å². The summed E-state index contributed by atoms with van der Waals surface area (Å²) in [5, 5.41) is 13.1. The van der Waals surface area contributed by atoms with Gasteiger partial charge in [-0.2, -0.15) is 0 Å². The lowest BCUT2D eigenvalue weighted by molar-refractivity contribution is -0.380. The number of thiophene rings is 1. The van der Waals surface area contributed by atoms with Crippen LogP contribution in [0.3, 0.4) is 0 Å². The van der Waals surface area contributed by atoms with Gasteiger partial charge < -0.3 is 5.32 Å². The van der Waals surface area contributed by atoms with Crippen LogP contribution >= 0.6 is 11.3 Å². The second kappa shape index (κ2) is 4.57. The van der Waals surface area contributed by atoms with E-state index >= 15 is 0 Å². The van der Waals surface area contributed by atoms with E-state index in [2.05, 4.69) is 5.32 Å². The number of carbonyl (C=O) groups is 1. The zero-order chi connectivity index (χ0) is 14.3. The van der Waals surface area contributed by atoms with E-state index in [9.17, 15) is 23.3 Å². The summed E-state index contributed by atoms with van der Waals surface area (Å²) in [4.78, 5) is 22.1. The SMILES string of the molecule is CC1(NC(=O)c2ccc([N+](=O)[O-])s2)CCS(=O)(=O)C1. The lowest BCUT2D eigenvalue weighted by Crippen LogP contribution is -2.46. The Kier molecular flexibility index (Phi) is 3.35. The molecule has 2 rings (SSSR count). The molecule has 1 aromatic heterocycles. The molecule has 1 unspecified atom stereocenters. The van der Waals surface area contributed by atoms with E-state index in [1.807, 2.05) is 0 Å². The highest BCUT2D eigenvalue weighted by Gasteiger charge is 2.39. The third-order valence-corrected chi connectivity index (χ3v) is 5.85. The standard InChI is InChI=1S/C10H12N2O5S2/c1-10(4-5-19(16,17)6-10)11-9(13)7-2-3-8(18-7)12(14)15/h2-3H,4-6H2,1H3,(H,11,13). The van der Waals surface area contributed by atoms with Gasteiger partial charge in [0.05, 0.1) is 26.8 Å². The zero-order valence-electron chi connectivity index (χ0n) is 10.1. The van der Waals surface area contributed by atoms with Gasteiger partial charge >= 0.3 is 5.00 Å². The molecule has 1 aliphatic rings. The maximum atomic E-state index is 11.9. The largest absolute Gasteiger partial charge is 0.345 e. The molecule has 9 heteroatoms. The van der Waals surface area contributed by atoms with Crippen LogP contribution < -0.4 is 5.32 Å². The number of hydrogen-bond acceptors (Lipinski definition) is 6. The van der Waals surface area contributed by atoms with Crippen molar-refractivity contribution in [2.45, 2.75) is 18.9 Å². The number of nitrogens with one attached hydrogen (secondary N) is 1. The van der Waals surface area contributed by atoms with Crippen molar-refractivity contribution < 1.29 is 18.1 Å². The van der Waals surface area contributed by atoms with Gasteiger partial charge in [-0.05, 0) is 19.4 Å². The third-order valence-electron chi connectivity index (χ3n) is 2.91. The number of rotatable bonds is 3. The second-order valence-electron chi connectivity index (χ2n) is 4.75. The molecule has 1 atom stereocenters. The maximum absolute atomic E-state index is 11.9. The molecule has 0 spiro atoms. The van der Waals surface area contributed by atoms with Crippen molar-refractivity contribution in [3.63, 3.8) is 0 Å². The molecule has 104 valence electrons. The van der Waals surface area contributed by atoms with E-state index in [1.165, 1.54) is 12.1 Å². The fraction of sp³-hybridized carbons (Fsp3) is 0.500. The van der Waals surface area contributed by atoms with Gasteiger partial charge in [0, 0.05) is 6.07 Å². The lowest BCUT2D eigenvalue weighted by Gasteiger charge is -2.23. The van der Waals surface area contributed by atoms with Gasteiger partial charge in [-0.25, -0.2) is 8.42 Å². The summed E-state index contributed by atoms with van der Waals surface area (Å²) < 4.78 is 22.8. The van der Waals surface area contributed by atoms with E-state index in [1.54, 1.807) is 6.92 Å². The summed E-state index contributed by atoms with van der Waals surface area (Å²) in [5.41, 5.74) is -0.797. The van der Waals surface area contributed by atoms with Crippen molar-refractivity contribution in [1.29, 1.82) is 0 Å². The van der Waals surface area contributed by atoms with Crippen molar-refractivity contribution in [2.75, 3.05) is 11.5 Å². The summed E-state index contributed by atoms with van der Waals surface area (Å²) in [5.74, 6) is -0.522. The number of hydrogen-bond donors (Lipinski definition) is 1. The zero-order valence-corrected chi connectivity index (χ0v) is 11.7. The van der Waals surface area contributed by atoms with Crippen molar-refractivity contribution in [3.05, 3.63) is 27.1 Å². The topological polar surface area (TPSA) is 106 Å². The Labute approximate surface area is 113 Å². The molecule has 0 aliphatic carbocycles. The van der Waals surface area contributed by atoms with Crippen molar-refractivity contribution in [3.8, 4) is 0 Å². The molecule has 1 amide bonds. The van der Waals surface area contributed by atoms with Crippen LogP contribution in [0.2, 0.25) is 0 Å². The summed E-state index contributed by atoms with van der Waals surface area (Å²) in [6.45, 7) is 1.66. The Hall–Kier alpha value is -1.48. The number of nitrogens with zero attached hydrogens (tertiary/aromatic N) is 1. The van der Waals surface area contributed by atoms with Gasteiger partial charge in [0.1, 0.15) is 0 Å². The van der Waals surface area contributed by atoms with Crippen LogP contribution in [0.15, 0.2) is 12.1 Å². The quantitative estimate of drug-likeness (QED) is 0.661. The second-order valence-corrected chi connectivity index (χ2v) is 8.00. The monoisotopic (exact) mass is 304 g/mol. The predicted molar refractivity (Wildman–Crippen MR) is 70.1 cm³/mol. The van der Waals surface area contributed by atoms with Crippen LogP contribution in [0, 0.1) is 10.1 Å². The van der Waals surface area contributed by atoms with Crippen LogP contribution in [0.1, 0.15) is 23.0 Å². The van der Waals surface area contributed by atoms with Crippen LogP contribution in [-0.4, -0.2) is 36.3 Å². The molecule has 19 heavy (non-hydrogen) atoms. The molecule has 1 fully saturated rings. The van der Waals surface area contributed by atoms with Crippen LogP contribution in [0.4, 0.5) is 5.00 Å². The summed E-state index contributed by atoms with van der Waals surface area (Å²) in [6.07, 6.45) is 0.356. The van der Waals surface area contributed by atoms with Crippen molar-refractivity contribution >= 4 is 32.1 Å². The summed E-state index contributed by atoms with van der Waals surface area (Å²) >= 11 is 0.770. The molecule has 1 saturated heterocycles. The van der Waals surface area contributed by atoms with Crippen molar-refractivity contribution in [1.82, 2.24) is 5.32 Å². The molecule has 1 N–H and O–H groups in total. The highest BCUT2D eigenvalue weighted by atomic mass is 32.2. The molecule has 0 radical (unpaired) electrons. The van der Waals surface area contributed by atoms with Crippen molar-refractivity contribution in [2.24, 2.45) is 0 Å². The summed E-state index contributed by atoms with van der Waals surface area (Å²) in [7, 11) is -3.11. The Morgan fingerprint density at radius 3 is 2.68 bits per heavy atom. The Morgan fingerprint density at radius 2 is 2.21 bits per heavy atom. The first kappa shape index (κ1) is 13.9. The summed E-state index contributed by atoms with van der Waals surface area (Å²) in [6, 6.07) is 2.62. The Balaban J connectivity index is 2.11. The van der Waals surface area contributed by atoms with Crippen LogP contribution in [-0.2, 0) is 9.84 Å². The van der Waals surface area contributed by atoms with E-state index in [0.29, 0.717) is 6.42 Å². The number of nitro groups is 1. The minimum atomic E-state index is -3.11. The number of carbonyl (C=O) groups excluding carboxylic acids is 1. The fourth-order valence-electron chi connectivity index (χ4n) is 1.99. The average molecular weight is 304 g/mol. The first-order valence-corrected chi connectivity index (χ1v) is 8.12. The smallest absolute Gasteiger partial charge is 0.324 e. The highest BCUT2D eigenvalue weighted by molar-refractivity contribution is 7.91. The van der Waals surface area contributed by atoms with Gasteiger partial charge in [0.25, 0.3) is 5.91 Å². The molecule has 1 aliphatic heterocycles. The first-order valence-electron chi connectivity index (χ1n) is 5.48. The molecule has 2 heterocycles. The minimum Gasteiger partial charge on any atom is -0.345 e. The Bertz CT molecular complexity index is 636. The Morgan fingerprint density at radius 1 is 1.53 bits per heavy atom. The van der Waals surface area contributed by atoms with E-state index < -0.39 is 26.2 Å². The van der Waals surface area contributed by atoms with Gasteiger partial charge in [-0.15, -0.1) is 0 Å². The van der Waals surface area contributed by atoms with E-state index in [0.717, 1.165) is 11.3 Å². The van der Waals surface area contributed by atoms with Crippen LogP contribution in [0.5, 0.6) is 0 Å². The lowest BCUT2D eigenvalue weighted by atomic mass is 10.0. The normalized spacial score (nSPS) is 25.1. The van der Waals surface area contributed by atoms with Crippen LogP contribution in [0.25, 0.3) is 0 Å². The predicted octanol–water partition coefficient (Wildman–Crippen LogP) is 0.963. The molecule has 0 saturated carbocycles. The average Bonchev–Trinajstić information content (AvgIpc) is 2.83. The molecule has 0 bridgehead atoms. The molecule has 7 nitrogen and oxygen atoms in total. The van der Waals surface area contributed by atoms with Gasteiger partial charge in [-0.1, -0.05) is 11.3 Å². The van der Waals surface area contributed by atoms with Gasteiger partial charge in [0.2, 0.25) is 0 Å². The molecular formula is C10H12N2O5S2. The molecular weight excluding hydrogens is 292 g/mol.